The van der Waals surface area contributed by atoms with E-state index in [2.05, 4.69) is 14.9 Å². The molecule has 6 nitrogen and oxygen atoms in total. The van der Waals surface area contributed by atoms with E-state index in [0.29, 0.717) is 12.4 Å². The van der Waals surface area contributed by atoms with Crippen LogP contribution in [0.1, 0.15) is 37.5 Å². The van der Waals surface area contributed by atoms with Crippen molar-refractivity contribution in [3.8, 4) is 0 Å². The number of hydrogen-bond donors (Lipinski definition) is 0. The largest absolute Gasteiger partial charge is 0.444 e. The SMILES string of the molecule is CCc1cnc(CN(C(C)=O)[C@H]2CCN(Cc3ccncc3)C2)o1. The van der Waals surface area contributed by atoms with E-state index in [1.807, 2.05) is 36.4 Å². The van der Waals surface area contributed by atoms with Gasteiger partial charge in [-0.25, -0.2) is 4.98 Å². The van der Waals surface area contributed by atoms with Gasteiger partial charge >= 0.3 is 0 Å². The van der Waals surface area contributed by atoms with Crippen LogP contribution < -0.4 is 0 Å². The molecule has 1 saturated heterocycles. The first kappa shape index (κ1) is 16.6. The van der Waals surface area contributed by atoms with Gasteiger partial charge in [0.05, 0.1) is 12.7 Å². The Labute approximate surface area is 142 Å². The third kappa shape index (κ3) is 4.00. The molecule has 0 saturated carbocycles. The quantitative estimate of drug-likeness (QED) is 0.814. The summed E-state index contributed by atoms with van der Waals surface area (Å²) in [6.45, 7) is 6.86. The monoisotopic (exact) mass is 328 g/mol. The minimum atomic E-state index is 0.0713. The van der Waals surface area contributed by atoms with Gasteiger partial charge in [-0.05, 0) is 24.1 Å². The Hall–Kier alpha value is -2.21. The number of aryl methyl sites for hydroxylation is 1. The van der Waals surface area contributed by atoms with E-state index >= 15 is 0 Å². The summed E-state index contributed by atoms with van der Waals surface area (Å²) in [7, 11) is 0. The minimum Gasteiger partial charge on any atom is -0.444 e. The van der Waals surface area contributed by atoms with Crippen LogP contribution in [0.25, 0.3) is 0 Å². The number of hydrogen-bond acceptors (Lipinski definition) is 5. The molecule has 1 aliphatic rings. The van der Waals surface area contributed by atoms with Crippen LogP contribution in [0.4, 0.5) is 0 Å². The molecule has 2 aromatic heterocycles. The van der Waals surface area contributed by atoms with Crippen LogP contribution in [0.15, 0.2) is 35.1 Å². The molecule has 1 atom stereocenters. The average Bonchev–Trinajstić information content (AvgIpc) is 3.22. The number of rotatable bonds is 6. The van der Waals surface area contributed by atoms with Crippen molar-refractivity contribution in [1.29, 1.82) is 0 Å². The van der Waals surface area contributed by atoms with Crippen molar-refractivity contribution in [2.24, 2.45) is 0 Å². The molecular weight excluding hydrogens is 304 g/mol. The maximum absolute atomic E-state index is 12.1. The van der Waals surface area contributed by atoms with Crippen molar-refractivity contribution >= 4 is 5.91 Å². The highest BCUT2D eigenvalue weighted by atomic mass is 16.4. The summed E-state index contributed by atoms with van der Waals surface area (Å²) in [6, 6.07) is 4.28. The molecule has 0 aliphatic carbocycles. The third-order valence-corrected chi connectivity index (χ3v) is 4.50. The van der Waals surface area contributed by atoms with Crippen LogP contribution >= 0.6 is 0 Å². The third-order valence-electron chi connectivity index (χ3n) is 4.50. The zero-order valence-electron chi connectivity index (χ0n) is 14.3. The number of aromatic nitrogens is 2. The van der Waals surface area contributed by atoms with E-state index < -0.39 is 0 Å². The Morgan fingerprint density at radius 2 is 2.21 bits per heavy atom. The number of pyridine rings is 1. The van der Waals surface area contributed by atoms with Gasteiger partial charge in [-0.3, -0.25) is 14.7 Å². The van der Waals surface area contributed by atoms with E-state index in [0.717, 1.165) is 38.2 Å². The summed E-state index contributed by atoms with van der Waals surface area (Å²) in [4.78, 5) is 24.7. The topological polar surface area (TPSA) is 62.5 Å². The molecular formula is C18H24N4O2. The predicted molar refractivity (Wildman–Crippen MR) is 90.0 cm³/mol. The van der Waals surface area contributed by atoms with Gasteiger partial charge in [0.2, 0.25) is 11.8 Å². The lowest BCUT2D eigenvalue weighted by atomic mass is 10.2. The molecule has 24 heavy (non-hydrogen) atoms. The van der Waals surface area contributed by atoms with Crippen LogP contribution in [0, 0.1) is 0 Å². The van der Waals surface area contributed by atoms with Crippen molar-refractivity contribution in [3.05, 3.63) is 47.9 Å². The van der Waals surface area contributed by atoms with Gasteiger partial charge in [0, 0.05) is 51.4 Å². The van der Waals surface area contributed by atoms with Crippen molar-refractivity contribution in [1.82, 2.24) is 19.8 Å². The van der Waals surface area contributed by atoms with Crippen molar-refractivity contribution in [2.45, 2.75) is 45.8 Å². The lowest BCUT2D eigenvalue weighted by molar-refractivity contribution is -0.132. The fourth-order valence-electron chi connectivity index (χ4n) is 3.18. The Bertz CT molecular complexity index is 671. The zero-order chi connectivity index (χ0) is 16.9. The number of amides is 1. The van der Waals surface area contributed by atoms with Gasteiger partial charge in [0.1, 0.15) is 5.76 Å². The van der Waals surface area contributed by atoms with Gasteiger partial charge in [-0.2, -0.15) is 0 Å². The molecule has 1 amide bonds. The molecule has 3 heterocycles. The molecule has 2 aromatic rings. The standard InChI is InChI=1S/C18H24N4O2/c1-3-17-10-20-18(24-17)13-22(14(2)23)16-6-9-21(12-16)11-15-4-7-19-8-5-15/h4-5,7-8,10,16H,3,6,9,11-13H2,1-2H3/t16-/m0/s1. The van der Waals surface area contributed by atoms with Crippen LogP contribution in [0.3, 0.4) is 0 Å². The molecule has 3 rings (SSSR count). The van der Waals surface area contributed by atoms with Gasteiger partial charge < -0.3 is 9.32 Å². The van der Waals surface area contributed by atoms with Gasteiger partial charge in [-0.1, -0.05) is 6.92 Å². The van der Waals surface area contributed by atoms with Crippen LogP contribution in [0.5, 0.6) is 0 Å². The fraction of sp³-hybridized carbons (Fsp3) is 0.500. The number of oxazole rings is 1. The molecule has 0 radical (unpaired) electrons. The summed E-state index contributed by atoms with van der Waals surface area (Å²) in [5.74, 6) is 1.55. The summed E-state index contributed by atoms with van der Waals surface area (Å²) < 4.78 is 5.67. The first-order valence-electron chi connectivity index (χ1n) is 8.47. The highest BCUT2D eigenvalue weighted by Gasteiger charge is 2.30. The maximum atomic E-state index is 12.1. The second-order valence-corrected chi connectivity index (χ2v) is 6.25. The highest BCUT2D eigenvalue weighted by Crippen LogP contribution is 2.20. The van der Waals surface area contributed by atoms with Crippen molar-refractivity contribution in [2.75, 3.05) is 13.1 Å². The summed E-state index contributed by atoms with van der Waals surface area (Å²) in [6.07, 6.45) is 7.18. The van der Waals surface area contributed by atoms with E-state index in [1.165, 1.54) is 5.56 Å². The molecule has 6 heteroatoms. The van der Waals surface area contributed by atoms with Gasteiger partial charge in [0.25, 0.3) is 0 Å². The molecule has 0 spiro atoms. The first-order chi connectivity index (χ1) is 11.7. The number of carbonyl (C=O) groups is 1. The van der Waals surface area contributed by atoms with Gasteiger partial charge in [0.15, 0.2) is 0 Å². The molecule has 0 N–H and O–H groups in total. The Kier molecular flexibility index (Phi) is 5.25. The number of carbonyl (C=O) groups excluding carboxylic acids is 1. The maximum Gasteiger partial charge on any atom is 0.220 e. The highest BCUT2D eigenvalue weighted by molar-refractivity contribution is 5.73. The molecule has 0 aromatic carbocycles. The number of nitrogens with zero attached hydrogens (tertiary/aromatic N) is 4. The Morgan fingerprint density at radius 3 is 2.88 bits per heavy atom. The second kappa shape index (κ2) is 7.57. The lowest BCUT2D eigenvalue weighted by Gasteiger charge is -2.27. The molecule has 0 bridgehead atoms. The van der Waals surface area contributed by atoms with E-state index in [-0.39, 0.29) is 11.9 Å². The predicted octanol–water partition coefficient (Wildman–Crippen LogP) is 2.26. The van der Waals surface area contributed by atoms with Crippen LogP contribution in [0.2, 0.25) is 0 Å². The van der Waals surface area contributed by atoms with Crippen molar-refractivity contribution in [3.63, 3.8) is 0 Å². The summed E-state index contributed by atoms with van der Waals surface area (Å²) >= 11 is 0. The molecule has 0 unspecified atom stereocenters. The first-order valence-corrected chi connectivity index (χ1v) is 8.47. The normalized spacial score (nSPS) is 18.0. The van der Waals surface area contributed by atoms with Crippen molar-refractivity contribution < 1.29 is 9.21 Å². The minimum absolute atomic E-state index is 0.0713. The van der Waals surface area contributed by atoms with Crippen LogP contribution in [-0.2, 0) is 24.3 Å². The molecule has 128 valence electrons. The average molecular weight is 328 g/mol. The molecule has 1 aliphatic heterocycles. The second-order valence-electron chi connectivity index (χ2n) is 6.25. The summed E-state index contributed by atoms with van der Waals surface area (Å²) in [5, 5.41) is 0. The van der Waals surface area contributed by atoms with E-state index in [4.69, 9.17) is 4.42 Å². The smallest absolute Gasteiger partial charge is 0.220 e. The van der Waals surface area contributed by atoms with E-state index in [9.17, 15) is 4.79 Å². The van der Waals surface area contributed by atoms with Gasteiger partial charge in [-0.15, -0.1) is 0 Å². The molecule has 1 fully saturated rings. The fourth-order valence-corrected chi connectivity index (χ4v) is 3.18. The number of likely N-dealkylation sites (tertiary alicyclic amines) is 1. The van der Waals surface area contributed by atoms with Crippen LogP contribution in [-0.4, -0.2) is 44.8 Å². The zero-order valence-corrected chi connectivity index (χ0v) is 14.3. The van der Waals surface area contributed by atoms with E-state index in [1.54, 1.807) is 13.1 Å². The summed E-state index contributed by atoms with van der Waals surface area (Å²) in [5.41, 5.74) is 1.25. The Morgan fingerprint density at radius 1 is 1.42 bits per heavy atom. The Balaban J connectivity index is 1.61. The lowest BCUT2D eigenvalue weighted by Crippen LogP contribution is -2.40.